The van der Waals surface area contributed by atoms with E-state index < -0.39 is 41.9 Å². The minimum Gasteiger partial charge on any atom is -0.452 e. The number of nitrogens with zero attached hydrogens (tertiary/aromatic N) is 1. The normalized spacial score (nSPS) is 12.9. The van der Waals surface area contributed by atoms with Crippen LogP contribution in [0.15, 0.2) is 60.7 Å². The maximum Gasteiger partial charge on any atom is 0.338 e. The van der Waals surface area contributed by atoms with E-state index in [1.807, 2.05) is 12.1 Å². The van der Waals surface area contributed by atoms with Gasteiger partial charge in [-0.3, -0.25) is 19.7 Å². The first kappa shape index (κ1) is 23.6. The zero-order valence-electron chi connectivity index (χ0n) is 19.4. The molecular formula is C26H23N3O6. The van der Waals surface area contributed by atoms with Crippen molar-refractivity contribution in [2.75, 3.05) is 11.5 Å². The number of carbonyl (C=O) groups excluding carboxylic acids is 5. The van der Waals surface area contributed by atoms with Gasteiger partial charge in [-0.15, -0.1) is 0 Å². The fourth-order valence-electron chi connectivity index (χ4n) is 3.76. The topological polar surface area (TPSA) is 122 Å². The summed E-state index contributed by atoms with van der Waals surface area (Å²) in [5.74, 6) is -2.50. The van der Waals surface area contributed by atoms with Crippen LogP contribution in [0, 0.1) is 0 Å². The van der Waals surface area contributed by atoms with Crippen LogP contribution in [0.1, 0.15) is 51.8 Å². The first-order valence-electron chi connectivity index (χ1n) is 10.8. The van der Waals surface area contributed by atoms with Crippen molar-refractivity contribution in [3.8, 4) is 0 Å². The lowest BCUT2D eigenvalue weighted by atomic mass is 9.94. The van der Waals surface area contributed by atoms with E-state index in [1.165, 1.54) is 24.3 Å². The molecule has 0 unspecified atom stereocenters. The summed E-state index contributed by atoms with van der Waals surface area (Å²) < 4.78 is 4.96. The van der Waals surface area contributed by atoms with Crippen LogP contribution >= 0.6 is 0 Å². The van der Waals surface area contributed by atoms with Crippen molar-refractivity contribution in [1.29, 1.82) is 0 Å². The van der Waals surface area contributed by atoms with Gasteiger partial charge in [0.1, 0.15) is 0 Å². The van der Waals surface area contributed by atoms with E-state index in [4.69, 9.17) is 4.74 Å². The molecule has 0 radical (unpaired) electrons. The van der Waals surface area contributed by atoms with Crippen LogP contribution in [0.25, 0.3) is 10.8 Å². The summed E-state index contributed by atoms with van der Waals surface area (Å²) in [5, 5.41) is 6.06. The van der Waals surface area contributed by atoms with Gasteiger partial charge in [0, 0.05) is 22.1 Å². The molecule has 9 nitrogen and oxygen atoms in total. The van der Waals surface area contributed by atoms with Gasteiger partial charge in [0.25, 0.3) is 17.7 Å². The number of benzene rings is 3. The van der Waals surface area contributed by atoms with Gasteiger partial charge < -0.3 is 10.1 Å². The van der Waals surface area contributed by atoms with Gasteiger partial charge in [0.15, 0.2) is 6.61 Å². The summed E-state index contributed by atoms with van der Waals surface area (Å²) >= 11 is 0. The predicted molar refractivity (Wildman–Crippen MR) is 128 cm³/mol. The van der Waals surface area contributed by atoms with Crippen molar-refractivity contribution in [2.24, 2.45) is 0 Å². The fraction of sp³-hybridized carbons (Fsp3) is 0.192. The quantitative estimate of drug-likeness (QED) is 0.442. The van der Waals surface area contributed by atoms with Gasteiger partial charge in [-0.1, -0.05) is 24.3 Å². The zero-order valence-corrected chi connectivity index (χ0v) is 19.4. The summed E-state index contributed by atoms with van der Waals surface area (Å²) in [4.78, 5) is 63.2. The number of urea groups is 1. The van der Waals surface area contributed by atoms with Crippen molar-refractivity contribution in [2.45, 2.75) is 26.3 Å². The lowest BCUT2D eigenvalue weighted by Gasteiger charge is -2.27. The van der Waals surface area contributed by atoms with Gasteiger partial charge in [0.2, 0.25) is 0 Å². The Bertz CT molecular complexity index is 1320. The molecule has 2 N–H and O–H groups in total. The van der Waals surface area contributed by atoms with Crippen LogP contribution in [0.2, 0.25) is 0 Å². The van der Waals surface area contributed by atoms with Gasteiger partial charge >= 0.3 is 12.0 Å². The van der Waals surface area contributed by atoms with Crippen molar-refractivity contribution >= 4 is 46.2 Å². The molecule has 9 heteroatoms. The van der Waals surface area contributed by atoms with Crippen LogP contribution < -0.4 is 15.5 Å². The van der Waals surface area contributed by atoms with Gasteiger partial charge in [-0.25, -0.2) is 14.5 Å². The molecule has 1 aliphatic rings. The molecule has 1 heterocycles. The highest BCUT2D eigenvalue weighted by Gasteiger charge is 2.33. The highest BCUT2D eigenvalue weighted by Crippen LogP contribution is 2.32. The number of imide groups is 2. The standard InChI is InChI=1S/C26H23N3O6/c1-26(2,3)28-25(34)27-20(30)14-35-24(33)16-10-12-17(13-11-16)29-22(31)18-8-4-6-15-7-5-9-19(21(15)18)23(29)32/h4-13H,14H2,1-3H3,(H2,27,28,30,34). The Balaban J connectivity index is 1.44. The van der Waals surface area contributed by atoms with Crippen molar-refractivity contribution in [1.82, 2.24) is 10.6 Å². The number of carbonyl (C=O) groups is 5. The van der Waals surface area contributed by atoms with E-state index in [-0.39, 0.29) is 5.56 Å². The Kier molecular flexibility index (Phi) is 6.09. The van der Waals surface area contributed by atoms with E-state index in [9.17, 15) is 24.0 Å². The first-order chi connectivity index (χ1) is 16.5. The molecule has 3 aromatic rings. The zero-order chi connectivity index (χ0) is 25.3. The first-order valence-corrected chi connectivity index (χ1v) is 10.8. The molecule has 0 atom stereocenters. The second-order valence-electron chi connectivity index (χ2n) is 9.03. The molecule has 4 rings (SSSR count). The van der Waals surface area contributed by atoms with Crippen LogP contribution in [-0.2, 0) is 9.53 Å². The van der Waals surface area contributed by atoms with Crippen LogP contribution in [0.3, 0.4) is 0 Å². The largest absolute Gasteiger partial charge is 0.452 e. The molecular weight excluding hydrogens is 450 g/mol. The van der Waals surface area contributed by atoms with E-state index in [2.05, 4.69) is 10.6 Å². The number of esters is 1. The molecule has 0 saturated heterocycles. The molecule has 0 fully saturated rings. The highest BCUT2D eigenvalue weighted by molar-refractivity contribution is 6.35. The van der Waals surface area contributed by atoms with Gasteiger partial charge in [0.05, 0.1) is 11.3 Å². The Labute approximate surface area is 201 Å². The Hall–Kier alpha value is -4.53. The van der Waals surface area contributed by atoms with E-state index in [1.54, 1.807) is 45.0 Å². The monoisotopic (exact) mass is 473 g/mol. The highest BCUT2D eigenvalue weighted by atomic mass is 16.5. The average Bonchev–Trinajstić information content (AvgIpc) is 2.80. The SMILES string of the molecule is CC(C)(C)NC(=O)NC(=O)COC(=O)c1ccc(N2C(=O)c3cccc4cccc(c34)C2=O)cc1. The third-order valence-corrected chi connectivity index (χ3v) is 5.21. The number of rotatable bonds is 4. The van der Waals surface area contributed by atoms with Gasteiger partial charge in [-0.05, 0) is 62.6 Å². The molecule has 5 amide bonds. The summed E-state index contributed by atoms with van der Waals surface area (Å²) in [6.07, 6.45) is 0. The number of anilines is 1. The Morgan fingerprint density at radius 2 is 1.43 bits per heavy atom. The van der Waals surface area contributed by atoms with E-state index in [0.29, 0.717) is 22.2 Å². The molecule has 35 heavy (non-hydrogen) atoms. The summed E-state index contributed by atoms with van der Waals surface area (Å²) in [7, 11) is 0. The van der Waals surface area contributed by atoms with Crippen LogP contribution in [0.4, 0.5) is 10.5 Å². The summed E-state index contributed by atoms with van der Waals surface area (Å²) in [6, 6.07) is 15.5. The predicted octanol–water partition coefficient (Wildman–Crippen LogP) is 3.42. The lowest BCUT2D eigenvalue weighted by Crippen LogP contribution is -2.49. The summed E-state index contributed by atoms with van der Waals surface area (Å²) in [6.45, 7) is 4.61. The van der Waals surface area contributed by atoms with Crippen molar-refractivity contribution in [3.63, 3.8) is 0 Å². The van der Waals surface area contributed by atoms with Crippen molar-refractivity contribution in [3.05, 3.63) is 77.4 Å². The maximum atomic E-state index is 13.1. The fourth-order valence-corrected chi connectivity index (χ4v) is 3.76. The summed E-state index contributed by atoms with van der Waals surface area (Å²) in [5.41, 5.74) is 0.708. The average molecular weight is 473 g/mol. The number of ether oxygens (including phenoxy) is 1. The number of hydrogen-bond acceptors (Lipinski definition) is 6. The van der Waals surface area contributed by atoms with Crippen LogP contribution in [0.5, 0.6) is 0 Å². The Morgan fingerprint density at radius 3 is 1.97 bits per heavy atom. The molecule has 178 valence electrons. The van der Waals surface area contributed by atoms with Crippen LogP contribution in [-0.4, -0.2) is 41.9 Å². The maximum absolute atomic E-state index is 13.1. The minimum absolute atomic E-state index is 0.111. The molecule has 1 aliphatic heterocycles. The van der Waals surface area contributed by atoms with Crippen molar-refractivity contribution < 1.29 is 28.7 Å². The van der Waals surface area contributed by atoms with E-state index in [0.717, 1.165) is 10.3 Å². The van der Waals surface area contributed by atoms with E-state index >= 15 is 0 Å². The number of hydrogen-bond donors (Lipinski definition) is 2. The number of amides is 5. The minimum atomic E-state index is -0.797. The second kappa shape index (κ2) is 9.02. The lowest BCUT2D eigenvalue weighted by molar-refractivity contribution is -0.123. The third kappa shape index (κ3) is 4.89. The molecule has 0 saturated carbocycles. The molecule has 0 aromatic heterocycles. The molecule has 0 aliphatic carbocycles. The number of nitrogens with one attached hydrogen (secondary N) is 2. The molecule has 0 spiro atoms. The van der Waals surface area contributed by atoms with Gasteiger partial charge in [-0.2, -0.15) is 0 Å². The second-order valence-corrected chi connectivity index (χ2v) is 9.03. The third-order valence-electron chi connectivity index (χ3n) is 5.21. The molecule has 3 aromatic carbocycles. The molecule has 0 bridgehead atoms. The Morgan fingerprint density at radius 1 is 0.857 bits per heavy atom. The smallest absolute Gasteiger partial charge is 0.338 e.